The molecule has 0 saturated heterocycles. The van der Waals surface area contributed by atoms with E-state index in [-0.39, 0.29) is 5.41 Å². The van der Waals surface area contributed by atoms with Crippen molar-refractivity contribution < 1.29 is 0 Å². The molecule has 1 unspecified atom stereocenters. The van der Waals surface area contributed by atoms with E-state index in [0.717, 1.165) is 18.1 Å². The summed E-state index contributed by atoms with van der Waals surface area (Å²) in [6, 6.07) is 0.867. The first kappa shape index (κ1) is 15.9. The molecule has 1 heterocycles. The quantitative estimate of drug-likeness (QED) is 0.888. The Labute approximate surface area is 117 Å². The van der Waals surface area contributed by atoms with E-state index in [9.17, 15) is 0 Å². The predicted molar refractivity (Wildman–Crippen MR) is 81.3 cm³/mol. The summed E-state index contributed by atoms with van der Waals surface area (Å²) in [6.07, 6.45) is 3.72. The lowest BCUT2D eigenvalue weighted by Crippen LogP contribution is -2.39. The first-order valence-corrected chi connectivity index (χ1v) is 6.99. The molecule has 1 atom stereocenters. The maximum absolute atomic E-state index is 4.51. The molecule has 1 rings (SSSR count). The molecule has 0 aromatic carbocycles. The predicted octanol–water partition coefficient (Wildman–Crippen LogP) is 2.85. The van der Waals surface area contributed by atoms with Crippen molar-refractivity contribution in [3.05, 3.63) is 18.1 Å². The molecular weight excluding hydrogens is 236 g/mol. The highest BCUT2D eigenvalue weighted by molar-refractivity contribution is 5.36. The molecule has 0 spiro atoms. The minimum Gasteiger partial charge on any atom is -0.355 e. The first-order valence-electron chi connectivity index (χ1n) is 6.99. The summed E-state index contributed by atoms with van der Waals surface area (Å²) in [7, 11) is 2.08. The van der Waals surface area contributed by atoms with E-state index in [0.29, 0.717) is 12.1 Å². The molecule has 0 saturated carbocycles. The summed E-state index contributed by atoms with van der Waals surface area (Å²) in [4.78, 5) is 11.2. The third kappa shape index (κ3) is 4.78. The fourth-order valence-corrected chi connectivity index (χ4v) is 1.71. The van der Waals surface area contributed by atoms with Crippen LogP contribution in [0.1, 0.15) is 47.2 Å². The molecule has 19 heavy (non-hydrogen) atoms. The highest BCUT2D eigenvalue weighted by Gasteiger charge is 2.24. The van der Waals surface area contributed by atoms with Gasteiger partial charge in [-0.3, -0.25) is 4.98 Å². The van der Waals surface area contributed by atoms with E-state index in [2.05, 4.69) is 68.8 Å². The van der Waals surface area contributed by atoms with Crippen LogP contribution in [0.5, 0.6) is 0 Å². The first-order chi connectivity index (χ1) is 8.71. The van der Waals surface area contributed by atoms with Crippen LogP contribution in [0.3, 0.4) is 0 Å². The molecule has 0 bridgehead atoms. The van der Waals surface area contributed by atoms with E-state index in [4.69, 9.17) is 0 Å². The summed E-state index contributed by atoms with van der Waals surface area (Å²) < 4.78 is 0. The number of aromatic nitrogens is 2. The second-order valence-electron chi connectivity index (χ2n) is 6.55. The van der Waals surface area contributed by atoms with Gasteiger partial charge in [0.1, 0.15) is 5.82 Å². The van der Waals surface area contributed by atoms with Gasteiger partial charge in [0.25, 0.3) is 0 Å². The van der Waals surface area contributed by atoms with Crippen molar-refractivity contribution in [2.75, 3.05) is 11.9 Å². The van der Waals surface area contributed by atoms with Gasteiger partial charge in [0.05, 0.1) is 18.1 Å². The van der Waals surface area contributed by atoms with E-state index in [1.165, 1.54) is 0 Å². The van der Waals surface area contributed by atoms with Crippen molar-refractivity contribution >= 4 is 5.82 Å². The smallest absolute Gasteiger partial charge is 0.147 e. The Morgan fingerprint density at radius 1 is 1.16 bits per heavy atom. The molecule has 1 N–H and O–H groups in total. The summed E-state index contributed by atoms with van der Waals surface area (Å²) in [5.41, 5.74) is 1.20. The van der Waals surface area contributed by atoms with Gasteiger partial charge in [-0.15, -0.1) is 0 Å². The van der Waals surface area contributed by atoms with E-state index in [1.807, 2.05) is 12.4 Å². The fraction of sp³-hybridized carbons (Fsp3) is 0.733. The van der Waals surface area contributed by atoms with Crippen LogP contribution in [0.15, 0.2) is 12.4 Å². The summed E-state index contributed by atoms with van der Waals surface area (Å²) in [5.74, 6) is 0.927. The average Bonchev–Trinajstić information content (AvgIpc) is 2.34. The van der Waals surface area contributed by atoms with Gasteiger partial charge >= 0.3 is 0 Å². The van der Waals surface area contributed by atoms with Gasteiger partial charge in [-0.25, -0.2) is 4.98 Å². The van der Waals surface area contributed by atoms with Crippen molar-refractivity contribution in [3.63, 3.8) is 0 Å². The van der Waals surface area contributed by atoms with Crippen LogP contribution in [0.4, 0.5) is 5.82 Å². The summed E-state index contributed by atoms with van der Waals surface area (Å²) >= 11 is 0. The minimum atomic E-state index is 0.217. The Bertz CT molecular complexity index is 378. The molecule has 1 aromatic heterocycles. The Kier molecular flexibility index (Phi) is 5.29. The van der Waals surface area contributed by atoms with Gasteiger partial charge in [-0.05, 0) is 12.3 Å². The highest BCUT2D eigenvalue weighted by Crippen LogP contribution is 2.25. The van der Waals surface area contributed by atoms with Crippen molar-refractivity contribution in [1.29, 1.82) is 0 Å². The van der Waals surface area contributed by atoms with Gasteiger partial charge in [0.2, 0.25) is 0 Å². The summed E-state index contributed by atoms with van der Waals surface area (Å²) in [5, 5.41) is 3.34. The van der Waals surface area contributed by atoms with E-state index in [1.54, 1.807) is 0 Å². The van der Waals surface area contributed by atoms with Crippen LogP contribution in [-0.4, -0.2) is 29.1 Å². The van der Waals surface area contributed by atoms with Crippen molar-refractivity contribution in [2.24, 2.45) is 5.41 Å². The van der Waals surface area contributed by atoms with Crippen molar-refractivity contribution in [3.8, 4) is 0 Å². The lowest BCUT2D eigenvalue weighted by Gasteiger charge is -2.35. The second-order valence-corrected chi connectivity index (χ2v) is 6.55. The largest absolute Gasteiger partial charge is 0.355 e. The van der Waals surface area contributed by atoms with Crippen molar-refractivity contribution in [2.45, 2.75) is 60.2 Å². The minimum absolute atomic E-state index is 0.217. The molecule has 0 aliphatic carbocycles. The standard InChI is InChI=1S/C15H28N4/c1-11(2)16-8-13-9-18-14(10-17-13)19(7)12(3)15(4,5)6/h9-12,16H,8H2,1-7H3. The highest BCUT2D eigenvalue weighted by atomic mass is 15.2. The molecule has 0 radical (unpaired) electrons. The normalized spacial score (nSPS) is 13.7. The van der Waals surface area contributed by atoms with Crippen LogP contribution >= 0.6 is 0 Å². The topological polar surface area (TPSA) is 41.1 Å². The van der Waals surface area contributed by atoms with Gasteiger partial charge in [-0.2, -0.15) is 0 Å². The maximum Gasteiger partial charge on any atom is 0.147 e. The molecule has 0 aliphatic heterocycles. The van der Waals surface area contributed by atoms with Crippen LogP contribution < -0.4 is 10.2 Å². The van der Waals surface area contributed by atoms with Gasteiger partial charge in [-0.1, -0.05) is 34.6 Å². The Balaban J connectivity index is 2.70. The molecule has 0 fully saturated rings. The molecule has 0 aliphatic rings. The lowest BCUT2D eigenvalue weighted by molar-refractivity contribution is 0.328. The van der Waals surface area contributed by atoms with Crippen LogP contribution in [-0.2, 0) is 6.54 Å². The van der Waals surface area contributed by atoms with Gasteiger partial charge < -0.3 is 10.2 Å². The maximum atomic E-state index is 4.51. The van der Waals surface area contributed by atoms with Crippen molar-refractivity contribution in [1.82, 2.24) is 15.3 Å². The van der Waals surface area contributed by atoms with E-state index >= 15 is 0 Å². The Hall–Kier alpha value is -1.16. The zero-order valence-electron chi connectivity index (χ0n) is 13.4. The molecular formula is C15H28N4. The molecule has 4 nitrogen and oxygen atoms in total. The lowest BCUT2D eigenvalue weighted by atomic mass is 9.87. The number of nitrogens with one attached hydrogen (secondary N) is 1. The molecule has 108 valence electrons. The van der Waals surface area contributed by atoms with Gasteiger partial charge in [0.15, 0.2) is 0 Å². The number of hydrogen-bond donors (Lipinski definition) is 1. The Morgan fingerprint density at radius 3 is 2.21 bits per heavy atom. The number of rotatable bonds is 5. The van der Waals surface area contributed by atoms with Gasteiger partial charge in [0, 0.05) is 25.7 Å². The molecule has 1 aromatic rings. The van der Waals surface area contributed by atoms with Crippen LogP contribution in [0.25, 0.3) is 0 Å². The molecule has 4 heteroatoms. The number of hydrogen-bond acceptors (Lipinski definition) is 4. The van der Waals surface area contributed by atoms with Crippen LogP contribution in [0.2, 0.25) is 0 Å². The third-order valence-electron chi connectivity index (χ3n) is 3.58. The second kappa shape index (κ2) is 6.33. The van der Waals surface area contributed by atoms with E-state index < -0.39 is 0 Å². The number of anilines is 1. The summed E-state index contributed by atoms with van der Waals surface area (Å²) in [6.45, 7) is 14.0. The fourth-order valence-electron chi connectivity index (χ4n) is 1.71. The Morgan fingerprint density at radius 2 is 1.79 bits per heavy atom. The molecule has 0 amide bonds. The zero-order valence-corrected chi connectivity index (χ0v) is 13.4. The van der Waals surface area contributed by atoms with Crippen LogP contribution in [0, 0.1) is 5.41 Å². The number of nitrogens with zero attached hydrogens (tertiary/aromatic N) is 3. The monoisotopic (exact) mass is 264 g/mol. The average molecular weight is 264 g/mol. The zero-order chi connectivity index (χ0) is 14.6. The third-order valence-corrected chi connectivity index (χ3v) is 3.58. The SMILES string of the molecule is CC(C)NCc1cnc(N(C)C(C)C(C)(C)C)cn1.